The minimum Gasteiger partial charge on any atom is -0.457 e. The molecule has 0 aromatic heterocycles. The van der Waals surface area contributed by atoms with E-state index < -0.39 is 21.6 Å². The fraction of sp³-hybridized carbons (Fsp3) is 0.278. The number of fused-ring (bicyclic) bond motifs is 1. The summed E-state index contributed by atoms with van der Waals surface area (Å²) in [7, 11) is -3.41. The van der Waals surface area contributed by atoms with Crippen LogP contribution >= 0.6 is 0 Å². The summed E-state index contributed by atoms with van der Waals surface area (Å²) in [6.45, 7) is 0. The molecule has 1 amide bonds. The van der Waals surface area contributed by atoms with Crippen LogP contribution in [0.4, 0.5) is 10.1 Å². The predicted molar refractivity (Wildman–Crippen MR) is 97.2 cm³/mol. The number of carbonyl (C=O) groups excluding carboxylic acids is 1. The third kappa shape index (κ3) is 4.55. The van der Waals surface area contributed by atoms with Crippen LogP contribution in [0.2, 0.25) is 0 Å². The van der Waals surface area contributed by atoms with Crippen molar-refractivity contribution in [3.8, 4) is 11.5 Å². The summed E-state index contributed by atoms with van der Waals surface area (Å²) >= 11 is 0. The molecule has 0 bridgehead atoms. The topological polar surface area (TPSA) is 105 Å². The van der Waals surface area contributed by atoms with E-state index in [1.807, 2.05) is 0 Å². The Bertz CT molecular complexity index is 979. The number of carbonyl (C=O) groups is 1. The van der Waals surface area contributed by atoms with E-state index >= 15 is 0 Å². The molecule has 1 aliphatic carbocycles. The van der Waals surface area contributed by atoms with Crippen LogP contribution < -0.4 is 14.9 Å². The van der Waals surface area contributed by atoms with E-state index in [1.54, 1.807) is 36.4 Å². The minimum atomic E-state index is -3.41. The maximum atomic E-state index is 14.7. The van der Waals surface area contributed by atoms with Crippen LogP contribution in [0.25, 0.3) is 0 Å². The lowest BCUT2D eigenvalue weighted by molar-refractivity contribution is -0.142. The fourth-order valence-electron chi connectivity index (χ4n) is 3.06. The molecule has 1 aliphatic rings. The molecular weight excluding hydrogens is 375 g/mol. The van der Waals surface area contributed by atoms with Gasteiger partial charge < -0.3 is 4.74 Å². The zero-order chi connectivity index (χ0) is 19.7. The van der Waals surface area contributed by atoms with Crippen molar-refractivity contribution in [2.24, 2.45) is 0 Å². The van der Waals surface area contributed by atoms with Crippen LogP contribution in [-0.4, -0.2) is 31.5 Å². The summed E-state index contributed by atoms with van der Waals surface area (Å²) < 4.78 is 45.5. The van der Waals surface area contributed by atoms with Crippen LogP contribution in [0.5, 0.6) is 11.5 Å². The molecule has 144 valence electrons. The van der Waals surface area contributed by atoms with E-state index in [2.05, 4.69) is 4.72 Å². The molecule has 9 heteroatoms. The van der Waals surface area contributed by atoms with Gasteiger partial charge in [-0.05, 0) is 48.2 Å². The standard InChI is InChI=1S/C18H19FN2O5S/c1-27(24,25)21-14-3-2-4-15(10-14)26-16-6-5-12-7-8-18(19,17(22)20-23)11-13(12)9-16/h2-6,9-10,21,23H,7-8,11H2,1H3,(H,20,22). The zero-order valence-corrected chi connectivity index (χ0v) is 15.3. The van der Waals surface area contributed by atoms with Gasteiger partial charge in [0.2, 0.25) is 10.0 Å². The Hall–Kier alpha value is -2.65. The highest BCUT2D eigenvalue weighted by atomic mass is 32.2. The summed E-state index contributed by atoms with van der Waals surface area (Å²) in [4.78, 5) is 11.6. The lowest BCUT2D eigenvalue weighted by atomic mass is 9.81. The van der Waals surface area contributed by atoms with Gasteiger partial charge in [-0.25, -0.2) is 18.3 Å². The van der Waals surface area contributed by atoms with Crippen molar-refractivity contribution in [3.63, 3.8) is 0 Å². The fourth-order valence-corrected chi connectivity index (χ4v) is 3.62. The smallest absolute Gasteiger partial charge is 0.281 e. The van der Waals surface area contributed by atoms with Crippen molar-refractivity contribution in [2.45, 2.75) is 24.9 Å². The molecule has 0 saturated heterocycles. The average Bonchev–Trinajstić information content (AvgIpc) is 2.59. The molecular formula is C18H19FN2O5S. The minimum absolute atomic E-state index is 0.00813. The molecule has 2 aromatic carbocycles. The first-order valence-electron chi connectivity index (χ1n) is 8.19. The number of alkyl halides is 1. The number of ether oxygens (including phenoxy) is 1. The number of halogens is 1. The van der Waals surface area contributed by atoms with Crippen LogP contribution in [-0.2, 0) is 27.7 Å². The first-order chi connectivity index (χ1) is 12.7. The van der Waals surface area contributed by atoms with E-state index in [4.69, 9.17) is 9.94 Å². The van der Waals surface area contributed by atoms with E-state index in [9.17, 15) is 17.6 Å². The summed E-state index contributed by atoms with van der Waals surface area (Å²) in [5, 5.41) is 8.74. The summed E-state index contributed by atoms with van der Waals surface area (Å²) in [6.07, 6.45) is 1.25. The number of aryl methyl sites for hydroxylation is 1. The Labute approximate surface area is 156 Å². The molecule has 3 N–H and O–H groups in total. The monoisotopic (exact) mass is 394 g/mol. The second-order valence-corrected chi connectivity index (χ2v) is 8.27. The van der Waals surface area contributed by atoms with Crippen molar-refractivity contribution in [1.82, 2.24) is 5.48 Å². The van der Waals surface area contributed by atoms with Crippen LogP contribution in [0.3, 0.4) is 0 Å². The van der Waals surface area contributed by atoms with Gasteiger partial charge in [-0.15, -0.1) is 0 Å². The van der Waals surface area contributed by atoms with Gasteiger partial charge in [0.1, 0.15) is 11.5 Å². The van der Waals surface area contributed by atoms with Crippen molar-refractivity contribution in [1.29, 1.82) is 0 Å². The van der Waals surface area contributed by atoms with Gasteiger partial charge in [0, 0.05) is 12.5 Å². The zero-order valence-electron chi connectivity index (χ0n) is 14.5. The third-order valence-electron chi connectivity index (χ3n) is 4.32. The molecule has 0 spiro atoms. The molecule has 1 atom stereocenters. The summed E-state index contributed by atoms with van der Waals surface area (Å²) in [6, 6.07) is 11.6. The Morgan fingerprint density at radius 3 is 2.63 bits per heavy atom. The molecule has 0 aliphatic heterocycles. The maximum absolute atomic E-state index is 14.7. The van der Waals surface area contributed by atoms with E-state index in [0.717, 1.165) is 11.8 Å². The quantitative estimate of drug-likeness (QED) is 0.534. The van der Waals surface area contributed by atoms with Crippen LogP contribution in [0, 0.1) is 0 Å². The first-order valence-corrected chi connectivity index (χ1v) is 10.1. The molecule has 7 nitrogen and oxygen atoms in total. The van der Waals surface area contributed by atoms with E-state index in [-0.39, 0.29) is 12.8 Å². The van der Waals surface area contributed by atoms with Gasteiger partial charge in [-0.3, -0.25) is 14.7 Å². The van der Waals surface area contributed by atoms with Gasteiger partial charge in [0.25, 0.3) is 5.91 Å². The second-order valence-electron chi connectivity index (χ2n) is 6.52. The van der Waals surface area contributed by atoms with Crippen molar-refractivity contribution >= 4 is 21.6 Å². The Morgan fingerprint density at radius 1 is 1.19 bits per heavy atom. The van der Waals surface area contributed by atoms with Crippen molar-refractivity contribution < 1.29 is 27.5 Å². The Morgan fingerprint density at radius 2 is 1.93 bits per heavy atom. The number of hydroxylamine groups is 1. The van der Waals surface area contributed by atoms with Gasteiger partial charge in [-0.1, -0.05) is 12.1 Å². The predicted octanol–water partition coefficient (Wildman–Crippen LogP) is 2.55. The van der Waals surface area contributed by atoms with E-state index in [0.29, 0.717) is 29.2 Å². The summed E-state index contributed by atoms with van der Waals surface area (Å²) in [5.74, 6) is -0.225. The number of amides is 1. The first kappa shape index (κ1) is 19.1. The van der Waals surface area contributed by atoms with Crippen LogP contribution in [0.1, 0.15) is 17.5 Å². The molecule has 0 fully saturated rings. The highest BCUT2D eigenvalue weighted by Gasteiger charge is 2.41. The largest absolute Gasteiger partial charge is 0.457 e. The number of hydrogen-bond donors (Lipinski definition) is 3. The van der Waals surface area contributed by atoms with Gasteiger partial charge in [0.15, 0.2) is 5.67 Å². The number of rotatable bonds is 5. The van der Waals surface area contributed by atoms with Gasteiger partial charge >= 0.3 is 0 Å². The second kappa shape index (κ2) is 7.16. The lowest BCUT2D eigenvalue weighted by Gasteiger charge is -2.29. The van der Waals surface area contributed by atoms with Crippen molar-refractivity contribution in [2.75, 3.05) is 11.0 Å². The van der Waals surface area contributed by atoms with E-state index in [1.165, 1.54) is 11.5 Å². The summed E-state index contributed by atoms with van der Waals surface area (Å²) in [5.41, 5.74) is 1.11. The van der Waals surface area contributed by atoms with Gasteiger partial charge in [0.05, 0.1) is 11.9 Å². The Balaban J connectivity index is 1.81. The molecule has 1 unspecified atom stereocenters. The maximum Gasteiger partial charge on any atom is 0.281 e. The molecule has 0 saturated carbocycles. The lowest BCUT2D eigenvalue weighted by Crippen LogP contribution is -2.46. The molecule has 3 rings (SSSR count). The third-order valence-corrected chi connectivity index (χ3v) is 4.93. The number of sulfonamides is 1. The number of nitrogens with one attached hydrogen (secondary N) is 2. The number of benzene rings is 2. The highest BCUT2D eigenvalue weighted by molar-refractivity contribution is 7.92. The molecule has 0 heterocycles. The molecule has 27 heavy (non-hydrogen) atoms. The molecule has 2 aromatic rings. The average molecular weight is 394 g/mol. The number of anilines is 1. The molecule has 0 radical (unpaired) electrons. The van der Waals surface area contributed by atoms with Gasteiger partial charge in [-0.2, -0.15) is 0 Å². The van der Waals surface area contributed by atoms with Crippen molar-refractivity contribution in [3.05, 3.63) is 53.6 Å². The van der Waals surface area contributed by atoms with Crippen LogP contribution in [0.15, 0.2) is 42.5 Å². The SMILES string of the molecule is CS(=O)(=O)Nc1cccc(Oc2ccc3c(c2)CC(F)(C(=O)NO)CC3)c1. The normalized spacial score (nSPS) is 19.1. The number of hydrogen-bond acceptors (Lipinski definition) is 5. The highest BCUT2D eigenvalue weighted by Crippen LogP contribution is 2.35. The Kier molecular flexibility index (Phi) is 5.07.